The molecule has 1 aromatic heterocycles. The van der Waals surface area contributed by atoms with Crippen LogP contribution >= 0.6 is 0 Å². The van der Waals surface area contributed by atoms with Gasteiger partial charge in [-0.05, 0) is 37.5 Å². The van der Waals surface area contributed by atoms with Gasteiger partial charge >= 0.3 is 0 Å². The molecule has 0 spiro atoms. The fourth-order valence-electron chi connectivity index (χ4n) is 2.75. The number of hydrogen-bond donors (Lipinski definition) is 1. The molecule has 0 aliphatic rings. The molecular weight excluding hydrogens is 310 g/mol. The van der Waals surface area contributed by atoms with E-state index < -0.39 is 0 Å². The van der Waals surface area contributed by atoms with E-state index in [4.69, 9.17) is 0 Å². The third kappa shape index (κ3) is 4.12. The van der Waals surface area contributed by atoms with Crippen LogP contribution in [0.25, 0.3) is 0 Å². The van der Waals surface area contributed by atoms with Crippen LogP contribution in [-0.4, -0.2) is 22.0 Å². The Balaban J connectivity index is 1.85. The number of aryl methyl sites for hydroxylation is 3. The van der Waals surface area contributed by atoms with Gasteiger partial charge in [-0.3, -0.25) is 0 Å². The second-order valence-corrected chi connectivity index (χ2v) is 6.24. The zero-order chi connectivity index (χ0) is 17.8. The number of rotatable bonds is 5. The fraction of sp³-hybridized carbons (Fsp3) is 0.250. The maximum atomic E-state index is 4.60. The van der Waals surface area contributed by atoms with Crippen molar-refractivity contribution in [1.82, 2.24) is 15.0 Å². The van der Waals surface area contributed by atoms with Crippen molar-refractivity contribution in [2.75, 3.05) is 17.3 Å². The second-order valence-electron chi connectivity index (χ2n) is 6.24. The second kappa shape index (κ2) is 7.30. The molecule has 0 unspecified atom stereocenters. The fourth-order valence-corrected chi connectivity index (χ4v) is 2.75. The maximum absolute atomic E-state index is 4.60. The number of aromatic nitrogens is 3. The molecule has 5 heteroatoms. The average Bonchev–Trinajstić information content (AvgIpc) is 2.59. The predicted molar refractivity (Wildman–Crippen MR) is 102 cm³/mol. The van der Waals surface area contributed by atoms with Crippen LogP contribution in [-0.2, 0) is 6.54 Å². The molecule has 5 nitrogen and oxygen atoms in total. The third-order valence-electron chi connectivity index (χ3n) is 4.06. The molecule has 128 valence electrons. The lowest BCUT2D eigenvalue weighted by molar-refractivity contribution is 0.841. The van der Waals surface area contributed by atoms with Gasteiger partial charge in [0.05, 0.1) is 0 Å². The Bertz CT molecular complexity index is 841. The van der Waals surface area contributed by atoms with E-state index in [0.29, 0.717) is 17.7 Å². The quantitative estimate of drug-likeness (QED) is 0.759. The average molecular weight is 333 g/mol. The normalized spacial score (nSPS) is 10.6. The third-order valence-corrected chi connectivity index (χ3v) is 4.06. The predicted octanol–water partition coefficient (Wildman–Crippen LogP) is 4.18. The van der Waals surface area contributed by atoms with Crippen LogP contribution in [0.2, 0.25) is 0 Å². The van der Waals surface area contributed by atoms with Crippen molar-refractivity contribution in [3.63, 3.8) is 0 Å². The molecule has 0 saturated heterocycles. The lowest BCUT2D eigenvalue weighted by Gasteiger charge is -2.18. The van der Waals surface area contributed by atoms with Crippen molar-refractivity contribution in [2.45, 2.75) is 27.3 Å². The maximum Gasteiger partial charge on any atom is 0.232 e. The zero-order valence-corrected chi connectivity index (χ0v) is 15.1. The summed E-state index contributed by atoms with van der Waals surface area (Å²) >= 11 is 0. The van der Waals surface area contributed by atoms with Gasteiger partial charge in [-0.1, -0.05) is 48.5 Å². The summed E-state index contributed by atoms with van der Waals surface area (Å²) in [6, 6.07) is 16.5. The van der Waals surface area contributed by atoms with Gasteiger partial charge in [0.25, 0.3) is 0 Å². The molecule has 3 aromatic rings. The Kier molecular flexibility index (Phi) is 4.93. The minimum absolute atomic E-state index is 0.569. The molecule has 1 N–H and O–H groups in total. The molecule has 0 fully saturated rings. The van der Waals surface area contributed by atoms with Crippen molar-refractivity contribution in [3.8, 4) is 0 Å². The van der Waals surface area contributed by atoms with Crippen LogP contribution in [0.5, 0.6) is 0 Å². The van der Waals surface area contributed by atoms with Gasteiger partial charge in [-0.2, -0.15) is 15.0 Å². The van der Waals surface area contributed by atoms with E-state index in [1.54, 1.807) is 0 Å². The van der Waals surface area contributed by atoms with Gasteiger partial charge < -0.3 is 10.2 Å². The van der Waals surface area contributed by atoms with Gasteiger partial charge in [0.15, 0.2) is 0 Å². The van der Waals surface area contributed by atoms with Crippen molar-refractivity contribution < 1.29 is 0 Å². The van der Waals surface area contributed by atoms with E-state index >= 15 is 0 Å². The number of anilines is 3. The monoisotopic (exact) mass is 333 g/mol. The van der Waals surface area contributed by atoms with Crippen LogP contribution in [0.3, 0.4) is 0 Å². The van der Waals surface area contributed by atoms with E-state index in [0.717, 1.165) is 23.4 Å². The van der Waals surface area contributed by atoms with Gasteiger partial charge in [0, 0.05) is 19.3 Å². The Morgan fingerprint density at radius 3 is 2.20 bits per heavy atom. The molecule has 0 radical (unpaired) electrons. The van der Waals surface area contributed by atoms with Crippen molar-refractivity contribution in [1.29, 1.82) is 0 Å². The van der Waals surface area contributed by atoms with Gasteiger partial charge in [0.1, 0.15) is 5.82 Å². The van der Waals surface area contributed by atoms with E-state index in [-0.39, 0.29) is 0 Å². The highest BCUT2D eigenvalue weighted by molar-refractivity contribution is 5.63. The summed E-state index contributed by atoms with van der Waals surface area (Å²) in [7, 11) is 1.99. The van der Waals surface area contributed by atoms with Gasteiger partial charge in [0.2, 0.25) is 11.9 Å². The molecule has 0 aliphatic heterocycles. The highest BCUT2D eigenvalue weighted by Gasteiger charge is 2.11. The molecule has 25 heavy (non-hydrogen) atoms. The number of nitrogens with one attached hydrogen (secondary N) is 1. The number of hydrogen-bond acceptors (Lipinski definition) is 5. The Labute approximate surface area is 148 Å². The smallest absolute Gasteiger partial charge is 0.232 e. The van der Waals surface area contributed by atoms with E-state index in [2.05, 4.69) is 58.4 Å². The topological polar surface area (TPSA) is 53.9 Å². The molecule has 3 rings (SSSR count). The Morgan fingerprint density at radius 1 is 0.840 bits per heavy atom. The van der Waals surface area contributed by atoms with E-state index in [1.165, 1.54) is 5.56 Å². The summed E-state index contributed by atoms with van der Waals surface area (Å²) in [4.78, 5) is 15.5. The first-order chi connectivity index (χ1) is 12.0. The van der Waals surface area contributed by atoms with Crippen LogP contribution in [0, 0.1) is 20.8 Å². The zero-order valence-electron chi connectivity index (χ0n) is 15.1. The van der Waals surface area contributed by atoms with Crippen LogP contribution in [0.4, 0.5) is 17.6 Å². The summed E-state index contributed by atoms with van der Waals surface area (Å²) in [5, 5.41) is 3.35. The molecule has 1 heterocycles. The number of benzene rings is 2. The molecule has 0 aliphatic carbocycles. The van der Waals surface area contributed by atoms with E-state index in [9.17, 15) is 0 Å². The van der Waals surface area contributed by atoms with Crippen LogP contribution < -0.4 is 10.2 Å². The lowest BCUT2D eigenvalue weighted by atomic mass is 10.1. The minimum Gasteiger partial charge on any atom is -0.339 e. The van der Waals surface area contributed by atoms with Gasteiger partial charge in [-0.15, -0.1) is 0 Å². The minimum atomic E-state index is 0.569. The number of para-hydroxylation sites is 1. The molecule has 0 amide bonds. The first-order valence-electron chi connectivity index (χ1n) is 8.34. The molecule has 0 atom stereocenters. The summed E-state index contributed by atoms with van der Waals surface area (Å²) in [5.74, 6) is 1.92. The number of nitrogens with zero attached hydrogens (tertiary/aromatic N) is 4. The van der Waals surface area contributed by atoms with Crippen molar-refractivity contribution in [2.24, 2.45) is 0 Å². The van der Waals surface area contributed by atoms with Crippen LogP contribution in [0.1, 0.15) is 22.5 Å². The summed E-state index contributed by atoms with van der Waals surface area (Å²) in [6.07, 6.45) is 0. The van der Waals surface area contributed by atoms with E-state index in [1.807, 2.05) is 43.1 Å². The Hall–Kier alpha value is -2.95. The standard InChI is InChI=1S/C20H23N5/c1-14-9-8-10-15(2)18(14)23-19-21-16(3)22-20(24-19)25(4)13-17-11-6-5-7-12-17/h5-12H,13H2,1-4H3,(H,21,22,23,24). The largest absolute Gasteiger partial charge is 0.339 e. The molecular formula is C20H23N5. The first-order valence-corrected chi connectivity index (χ1v) is 8.34. The van der Waals surface area contributed by atoms with Crippen LogP contribution in [0.15, 0.2) is 48.5 Å². The van der Waals surface area contributed by atoms with Crippen molar-refractivity contribution in [3.05, 3.63) is 71.0 Å². The molecule has 0 bridgehead atoms. The highest BCUT2D eigenvalue weighted by atomic mass is 15.3. The highest BCUT2D eigenvalue weighted by Crippen LogP contribution is 2.23. The van der Waals surface area contributed by atoms with Gasteiger partial charge in [-0.25, -0.2) is 0 Å². The SMILES string of the molecule is Cc1nc(Nc2c(C)cccc2C)nc(N(C)Cc2ccccc2)n1. The van der Waals surface area contributed by atoms with Crippen molar-refractivity contribution >= 4 is 17.6 Å². The summed E-state index contributed by atoms with van der Waals surface area (Å²) < 4.78 is 0. The first kappa shape index (κ1) is 16.9. The molecule has 2 aromatic carbocycles. The Morgan fingerprint density at radius 2 is 1.52 bits per heavy atom. The molecule has 0 saturated carbocycles. The summed E-state index contributed by atoms with van der Waals surface area (Å²) in [5.41, 5.74) is 4.59. The summed E-state index contributed by atoms with van der Waals surface area (Å²) in [6.45, 7) is 6.78. The lowest BCUT2D eigenvalue weighted by Crippen LogP contribution is -2.20.